The Labute approximate surface area is 122 Å². The van der Waals surface area contributed by atoms with E-state index in [1.165, 1.54) is 17.2 Å². The molecule has 0 heterocycles. The fourth-order valence-corrected chi connectivity index (χ4v) is 2.81. The van der Waals surface area contributed by atoms with Crippen LogP contribution in [0.2, 0.25) is 0 Å². The summed E-state index contributed by atoms with van der Waals surface area (Å²) in [5, 5.41) is 3.11. The molecule has 1 aliphatic rings. The van der Waals surface area contributed by atoms with Crippen molar-refractivity contribution in [3.05, 3.63) is 59.2 Å². The van der Waals surface area contributed by atoms with Gasteiger partial charge in [0, 0.05) is 6.04 Å². The van der Waals surface area contributed by atoms with Gasteiger partial charge in [-0.2, -0.15) is 0 Å². The molecule has 0 radical (unpaired) electrons. The number of methoxy groups -OCH3 is 1. The van der Waals surface area contributed by atoms with E-state index in [0.717, 1.165) is 37.1 Å². The second-order valence-electron chi connectivity index (χ2n) is 5.34. The van der Waals surface area contributed by atoms with Crippen LogP contribution in [-0.2, 0) is 12.8 Å². The summed E-state index contributed by atoms with van der Waals surface area (Å²) in [6.07, 6.45) is 2.60. The molecule has 0 fully saturated rings. The summed E-state index contributed by atoms with van der Waals surface area (Å²) < 4.78 is 32.1. The van der Waals surface area contributed by atoms with Crippen molar-refractivity contribution in [2.45, 2.75) is 25.3 Å². The Morgan fingerprint density at radius 2 is 1.95 bits per heavy atom. The lowest BCUT2D eigenvalue weighted by Crippen LogP contribution is -2.27. The van der Waals surface area contributed by atoms with Crippen LogP contribution in [0.5, 0.6) is 5.75 Å². The molecule has 2 aromatic rings. The number of nitrogens with one attached hydrogen (secondary N) is 1. The van der Waals surface area contributed by atoms with Crippen LogP contribution in [0.3, 0.4) is 0 Å². The second kappa shape index (κ2) is 5.72. The second-order valence-corrected chi connectivity index (χ2v) is 5.34. The first-order chi connectivity index (χ1) is 10.2. The molecule has 0 amide bonds. The van der Waals surface area contributed by atoms with Gasteiger partial charge in [-0.25, -0.2) is 8.78 Å². The molecule has 1 N–H and O–H groups in total. The topological polar surface area (TPSA) is 21.3 Å². The quantitative estimate of drug-likeness (QED) is 0.924. The van der Waals surface area contributed by atoms with Crippen molar-refractivity contribution in [3.63, 3.8) is 0 Å². The van der Waals surface area contributed by atoms with Crippen LogP contribution in [0.25, 0.3) is 0 Å². The van der Waals surface area contributed by atoms with Gasteiger partial charge < -0.3 is 10.1 Å². The maximum atomic E-state index is 13.7. The summed E-state index contributed by atoms with van der Waals surface area (Å²) in [6, 6.07) is 9.63. The average Bonchev–Trinajstić information content (AvgIpc) is 2.50. The van der Waals surface area contributed by atoms with E-state index in [1.54, 1.807) is 7.11 Å². The first-order valence-corrected chi connectivity index (χ1v) is 7.03. The molecular formula is C17H17F2NO. The third kappa shape index (κ3) is 2.99. The van der Waals surface area contributed by atoms with Crippen LogP contribution in [-0.4, -0.2) is 13.2 Å². The lowest BCUT2D eigenvalue weighted by Gasteiger charge is -2.27. The Balaban J connectivity index is 1.78. The Hall–Kier alpha value is -2.10. The lowest BCUT2D eigenvalue weighted by atomic mass is 9.88. The molecule has 0 aromatic heterocycles. The van der Waals surface area contributed by atoms with Gasteiger partial charge in [0.25, 0.3) is 0 Å². The zero-order valence-electron chi connectivity index (χ0n) is 11.8. The summed E-state index contributed by atoms with van der Waals surface area (Å²) in [5.74, 6) is -0.0315. The summed E-state index contributed by atoms with van der Waals surface area (Å²) >= 11 is 0. The Morgan fingerprint density at radius 3 is 2.76 bits per heavy atom. The molecule has 110 valence electrons. The molecule has 4 heteroatoms. The summed E-state index contributed by atoms with van der Waals surface area (Å²) in [4.78, 5) is 0. The largest absolute Gasteiger partial charge is 0.497 e. The van der Waals surface area contributed by atoms with Crippen LogP contribution in [0.4, 0.5) is 14.5 Å². The van der Waals surface area contributed by atoms with Crippen LogP contribution < -0.4 is 10.1 Å². The van der Waals surface area contributed by atoms with Gasteiger partial charge in [0.1, 0.15) is 17.4 Å². The van der Waals surface area contributed by atoms with Gasteiger partial charge >= 0.3 is 0 Å². The zero-order valence-corrected chi connectivity index (χ0v) is 11.8. The molecular weight excluding hydrogens is 272 g/mol. The van der Waals surface area contributed by atoms with Crippen molar-refractivity contribution >= 4 is 5.69 Å². The van der Waals surface area contributed by atoms with Crippen molar-refractivity contribution in [2.24, 2.45) is 0 Å². The van der Waals surface area contributed by atoms with E-state index in [2.05, 4.69) is 11.4 Å². The minimum Gasteiger partial charge on any atom is -0.497 e. The maximum Gasteiger partial charge on any atom is 0.146 e. The number of aryl methyl sites for hydroxylation is 1. The lowest BCUT2D eigenvalue weighted by molar-refractivity contribution is 0.413. The molecule has 0 saturated heterocycles. The van der Waals surface area contributed by atoms with Crippen LogP contribution in [0.1, 0.15) is 17.5 Å². The number of anilines is 1. The highest BCUT2D eigenvalue weighted by molar-refractivity contribution is 5.47. The molecule has 0 aliphatic heterocycles. The standard InChI is InChI=1S/C17H17F2NO/c1-21-15-6-3-11-2-5-14(8-12(11)9-15)20-17-10-13(18)4-7-16(17)19/h3-4,6-7,9-10,14,20H,2,5,8H2,1H3. The van der Waals surface area contributed by atoms with Gasteiger partial charge in [-0.3, -0.25) is 0 Å². The maximum absolute atomic E-state index is 13.7. The highest BCUT2D eigenvalue weighted by atomic mass is 19.1. The van der Waals surface area contributed by atoms with Crippen molar-refractivity contribution in [2.75, 3.05) is 12.4 Å². The molecule has 0 spiro atoms. The van der Waals surface area contributed by atoms with Gasteiger partial charge in [-0.05, 0) is 60.7 Å². The number of ether oxygens (including phenoxy) is 1. The van der Waals surface area contributed by atoms with Gasteiger partial charge in [0.05, 0.1) is 12.8 Å². The van der Waals surface area contributed by atoms with Crippen LogP contribution in [0.15, 0.2) is 36.4 Å². The number of hydrogen-bond acceptors (Lipinski definition) is 2. The molecule has 1 atom stereocenters. The minimum absolute atomic E-state index is 0.0981. The summed E-state index contributed by atoms with van der Waals surface area (Å²) in [6.45, 7) is 0. The number of benzene rings is 2. The monoisotopic (exact) mass is 289 g/mol. The van der Waals surface area contributed by atoms with E-state index in [-0.39, 0.29) is 11.7 Å². The first-order valence-electron chi connectivity index (χ1n) is 7.03. The highest BCUT2D eigenvalue weighted by Crippen LogP contribution is 2.28. The molecule has 2 aromatic carbocycles. The SMILES string of the molecule is COc1ccc2c(c1)CC(Nc1cc(F)ccc1F)CC2. The van der Waals surface area contributed by atoms with E-state index in [1.807, 2.05) is 12.1 Å². The van der Waals surface area contributed by atoms with Crippen molar-refractivity contribution < 1.29 is 13.5 Å². The fourth-order valence-electron chi connectivity index (χ4n) is 2.81. The number of fused-ring (bicyclic) bond motifs is 1. The molecule has 3 rings (SSSR count). The number of hydrogen-bond donors (Lipinski definition) is 1. The molecule has 0 bridgehead atoms. The van der Waals surface area contributed by atoms with Crippen molar-refractivity contribution in [3.8, 4) is 5.75 Å². The molecule has 1 aliphatic carbocycles. The van der Waals surface area contributed by atoms with E-state index < -0.39 is 11.6 Å². The molecule has 21 heavy (non-hydrogen) atoms. The van der Waals surface area contributed by atoms with E-state index in [9.17, 15) is 8.78 Å². The Morgan fingerprint density at radius 1 is 1.10 bits per heavy atom. The van der Waals surface area contributed by atoms with Crippen molar-refractivity contribution in [1.29, 1.82) is 0 Å². The Bertz CT molecular complexity index is 657. The molecule has 2 nitrogen and oxygen atoms in total. The normalized spacial score (nSPS) is 17.2. The molecule has 0 saturated carbocycles. The highest BCUT2D eigenvalue weighted by Gasteiger charge is 2.20. The van der Waals surface area contributed by atoms with Gasteiger partial charge in [-0.1, -0.05) is 6.07 Å². The smallest absolute Gasteiger partial charge is 0.146 e. The van der Waals surface area contributed by atoms with Crippen LogP contribution in [0, 0.1) is 11.6 Å². The third-order valence-electron chi connectivity index (χ3n) is 3.93. The first kappa shape index (κ1) is 13.9. The van der Waals surface area contributed by atoms with Gasteiger partial charge in [0.15, 0.2) is 0 Å². The number of halogens is 2. The predicted octanol–water partition coefficient (Wildman–Crippen LogP) is 3.94. The van der Waals surface area contributed by atoms with Crippen molar-refractivity contribution in [1.82, 2.24) is 0 Å². The van der Waals surface area contributed by atoms with Gasteiger partial charge in [-0.15, -0.1) is 0 Å². The third-order valence-corrected chi connectivity index (χ3v) is 3.93. The van der Waals surface area contributed by atoms with E-state index >= 15 is 0 Å². The van der Waals surface area contributed by atoms with Gasteiger partial charge in [0.2, 0.25) is 0 Å². The van der Waals surface area contributed by atoms with Crippen LogP contribution >= 0.6 is 0 Å². The molecule has 1 unspecified atom stereocenters. The number of rotatable bonds is 3. The zero-order chi connectivity index (χ0) is 14.8. The Kier molecular flexibility index (Phi) is 3.78. The van der Waals surface area contributed by atoms with E-state index in [0.29, 0.717) is 0 Å². The minimum atomic E-state index is -0.434. The van der Waals surface area contributed by atoms with E-state index in [4.69, 9.17) is 4.74 Å². The fraction of sp³-hybridized carbons (Fsp3) is 0.294. The predicted molar refractivity (Wildman–Crippen MR) is 78.8 cm³/mol. The summed E-state index contributed by atoms with van der Waals surface area (Å²) in [7, 11) is 1.64. The summed E-state index contributed by atoms with van der Waals surface area (Å²) in [5.41, 5.74) is 2.73. The average molecular weight is 289 g/mol.